The van der Waals surface area contributed by atoms with Gasteiger partial charge in [-0.25, -0.2) is 0 Å². The zero-order valence-electron chi connectivity index (χ0n) is 18.7. The summed E-state index contributed by atoms with van der Waals surface area (Å²) in [7, 11) is 0. The van der Waals surface area contributed by atoms with E-state index in [0.717, 1.165) is 30.4 Å². The molecular weight excluding hydrogens is 406 g/mol. The van der Waals surface area contributed by atoms with Gasteiger partial charge in [0.2, 0.25) is 17.8 Å². The Hall–Kier alpha value is -3.42. The van der Waals surface area contributed by atoms with Crippen LogP contribution in [0.5, 0.6) is 0 Å². The number of rotatable bonds is 4. The average molecular weight is 436 g/mol. The number of carbonyl (C=O) groups is 2. The molecule has 3 unspecified atom stereocenters. The maximum Gasteiger partial charge on any atom is 0.258 e. The van der Waals surface area contributed by atoms with Crippen LogP contribution in [0.15, 0.2) is 35.6 Å². The molecule has 3 atom stereocenters. The lowest BCUT2D eigenvalue weighted by Crippen LogP contribution is -2.46. The van der Waals surface area contributed by atoms with Crippen molar-refractivity contribution in [2.45, 2.75) is 64.5 Å². The molecule has 0 saturated carbocycles. The summed E-state index contributed by atoms with van der Waals surface area (Å²) in [4.78, 5) is 48.0. The van der Waals surface area contributed by atoms with Crippen LogP contribution in [0.4, 0.5) is 17.5 Å². The summed E-state index contributed by atoms with van der Waals surface area (Å²) >= 11 is 0. The lowest BCUT2D eigenvalue weighted by atomic mass is 9.92. The third kappa shape index (κ3) is 4.17. The van der Waals surface area contributed by atoms with Gasteiger partial charge in [0.1, 0.15) is 5.82 Å². The SMILES string of the molecule is C=C(C)c1ccc(NC(=O)C2CC(=O)Nc3nc(N4C(C)CCCC4C)[nH]c(=O)c32)cc1. The maximum atomic E-state index is 13.1. The summed E-state index contributed by atoms with van der Waals surface area (Å²) in [6, 6.07) is 7.72. The van der Waals surface area contributed by atoms with Gasteiger partial charge in [0, 0.05) is 24.2 Å². The van der Waals surface area contributed by atoms with Crippen molar-refractivity contribution in [2.24, 2.45) is 0 Å². The number of aromatic nitrogens is 2. The van der Waals surface area contributed by atoms with Crippen LogP contribution in [0.3, 0.4) is 0 Å². The van der Waals surface area contributed by atoms with Crippen LogP contribution < -0.4 is 21.1 Å². The molecule has 2 amide bonds. The van der Waals surface area contributed by atoms with Gasteiger partial charge in [-0.05, 0) is 57.7 Å². The Morgan fingerprint density at radius 1 is 1.16 bits per heavy atom. The zero-order valence-corrected chi connectivity index (χ0v) is 18.7. The number of nitrogens with zero attached hydrogens (tertiary/aromatic N) is 2. The molecule has 0 bridgehead atoms. The second-order valence-electron chi connectivity index (χ2n) is 8.84. The normalized spacial score (nSPS) is 22.7. The lowest BCUT2D eigenvalue weighted by molar-refractivity contribution is -0.123. The van der Waals surface area contributed by atoms with E-state index in [4.69, 9.17) is 0 Å². The first-order valence-electron chi connectivity index (χ1n) is 11.0. The monoisotopic (exact) mass is 435 g/mol. The number of fused-ring (bicyclic) bond motifs is 1. The molecule has 8 nitrogen and oxygen atoms in total. The number of anilines is 3. The summed E-state index contributed by atoms with van der Waals surface area (Å²) in [6.07, 6.45) is 3.03. The van der Waals surface area contributed by atoms with E-state index in [9.17, 15) is 14.4 Å². The van der Waals surface area contributed by atoms with Crippen molar-refractivity contribution in [1.29, 1.82) is 0 Å². The molecule has 3 N–H and O–H groups in total. The summed E-state index contributed by atoms with van der Waals surface area (Å²) in [5.74, 6) is -1.06. The number of H-pyrrole nitrogens is 1. The Labute approximate surface area is 187 Å². The first-order chi connectivity index (χ1) is 15.2. The van der Waals surface area contributed by atoms with Crippen LogP contribution in [-0.4, -0.2) is 33.9 Å². The molecule has 3 heterocycles. The second-order valence-corrected chi connectivity index (χ2v) is 8.84. The number of hydrogen-bond donors (Lipinski definition) is 3. The summed E-state index contributed by atoms with van der Waals surface area (Å²) in [5, 5.41) is 5.51. The smallest absolute Gasteiger partial charge is 0.258 e. The van der Waals surface area contributed by atoms with Crippen LogP contribution in [0, 0.1) is 0 Å². The topological polar surface area (TPSA) is 107 Å². The minimum atomic E-state index is -0.916. The van der Waals surface area contributed by atoms with E-state index in [1.54, 1.807) is 12.1 Å². The quantitative estimate of drug-likeness (QED) is 0.680. The highest BCUT2D eigenvalue weighted by molar-refractivity contribution is 6.04. The number of carbonyl (C=O) groups excluding carboxylic acids is 2. The fourth-order valence-electron chi connectivity index (χ4n) is 4.61. The van der Waals surface area contributed by atoms with Crippen molar-refractivity contribution in [3.8, 4) is 0 Å². The number of aromatic amines is 1. The Bertz CT molecular complexity index is 1110. The fourth-order valence-corrected chi connectivity index (χ4v) is 4.61. The minimum Gasteiger partial charge on any atom is -0.337 e. The first kappa shape index (κ1) is 21.8. The molecular formula is C24H29N5O3. The largest absolute Gasteiger partial charge is 0.337 e. The highest BCUT2D eigenvalue weighted by Crippen LogP contribution is 2.32. The third-order valence-electron chi connectivity index (χ3n) is 6.34. The third-order valence-corrected chi connectivity index (χ3v) is 6.34. The van der Waals surface area contributed by atoms with Crippen LogP contribution in [0.25, 0.3) is 5.57 Å². The number of piperidine rings is 1. The van der Waals surface area contributed by atoms with Gasteiger partial charge in [-0.1, -0.05) is 24.3 Å². The fraction of sp³-hybridized carbons (Fsp3) is 0.417. The summed E-state index contributed by atoms with van der Waals surface area (Å²) < 4.78 is 0. The predicted molar refractivity (Wildman–Crippen MR) is 126 cm³/mol. The number of nitrogens with one attached hydrogen (secondary N) is 3. The molecule has 2 aliphatic rings. The van der Waals surface area contributed by atoms with Gasteiger partial charge in [0.15, 0.2) is 0 Å². The van der Waals surface area contributed by atoms with Gasteiger partial charge in [0.05, 0.1) is 11.5 Å². The first-order valence-corrected chi connectivity index (χ1v) is 11.0. The Balaban J connectivity index is 1.64. The van der Waals surface area contributed by atoms with Crippen molar-refractivity contribution in [1.82, 2.24) is 9.97 Å². The standard InChI is InChI=1S/C24H29N5O3/c1-13(2)16-8-10-17(11-9-16)25-22(31)18-12-19(30)26-21-20(18)23(32)28-24(27-21)29-14(3)6-5-7-15(29)4/h8-11,14-15,18H,1,5-7,12H2,2-4H3,(H,25,31)(H2,26,27,28,30,32). The Morgan fingerprint density at radius 2 is 1.81 bits per heavy atom. The van der Waals surface area contributed by atoms with Crippen LogP contribution in [-0.2, 0) is 9.59 Å². The maximum absolute atomic E-state index is 13.1. The van der Waals surface area contributed by atoms with Crippen LogP contribution in [0.2, 0.25) is 0 Å². The molecule has 0 radical (unpaired) electrons. The second kappa shape index (κ2) is 8.61. The van der Waals surface area contributed by atoms with Gasteiger partial charge in [-0.3, -0.25) is 19.4 Å². The van der Waals surface area contributed by atoms with Crippen molar-refractivity contribution in [2.75, 3.05) is 15.5 Å². The Morgan fingerprint density at radius 3 is 2.44 bits per heavy atom. The molecule has 1 aromatic carbocycles. The Kier molecular flexibility index (Phi) is 5.86. The molecule has 2 aliphatic heterocycles. The summed E-state index contributed by atoms with van der Waals surface area (Å²) in [5.41, 5.74) is 2.28. The molecule has 168 valence electrons. The van der Waals surface area contributed by atoms with E-state index in [1.807, 2.05) is 19.1 Å². The molecule has 4 rings (SSSR count). The number of hydrogen-bond acceptors (Lipinski definition) is 5. The van der Waals surface area contributed by atoms with Gasteiger partial charge in [0.25, 0.3) is 5.56 Å². The van der Waals surface area contributed by atoms with Gasteiger partial charge < -0.3 is 15.5 Å². The zero-order chi connectivity index (χ0) is 23.0. The van der Waals surface area contributed by atoms with Crippen molar-refractivity contribution in [3.63, 3.8) is 0 Å². The number of amides is 2. The summed E-state index contributed by atoms with van der Waals surface area (Å²) in [6.45, 7) is 10.0. The van der Waals surface area contributed by atoms with E-state index < -0.39 is 17.4 Å². The molecule has 0 aliphatic carbocycles. The van der Waals surface area contributed by atoms with Crippen LogP contribution in [0.1, 0.15) is 63.5 Å². The molecule has 1 saturated heterocycles. The molecule has 8 heteroatoms. The van der Waals surface area contributed by atoms with E-state index in [2.05, 4.69) is 45.9 Å². The van der Waals surface area contributed by atoms with Crippen molar-refractivity contribution < 1.29 is 9.59 Å². The molecule has 1 aromatic heterocycles. The number of allylic oxidation sites excluding steroid dienone is 1. The van der Waals surface area contributed by atoms with Gasteiger partial charge in [-0.2, -0.15) is 4.98 Å². The highest BCUT2D eigenvalue weighted by atomic mass is 16.2. The molecule has 0 spiro atoms. The van der Waals surface area contributed by atoms with Crippen LogP contribution >= 0.6 is 0 Å². The molecule has 32 heavy (non-hydrogen) atoms. The van der Waals surface area contributed by atoms with Gasteiger partial charge >= 0.3 is 0 Å². The molecule has 1 fully saturated rings. The van der Waals surface area contributed by atoms with E-state index in [1.165, 1.54) is 0 Å². The van der Waals surface area contributed by atoms with Crippen molar-refractivity contribution in [3.05, 3.63) is 52.3 Å². The minimum absolute atomic E-state index is 0.108. The van der Waals surface area contributed by atoms with E-state index in [0.29, 0.717) is 11.6 Å². The highest BCUT2D eigenvalue weighted by Gasteiger charge is 2.36. The number of benzene rings is 1. The molecule has 2 aromatic rings. The average Bonchev–Trinajstić information content (AvgIpc) is 2.73. The van der Waals surface area contributed by atoms with E-state index >= 15 is 0 Å². The predicted octanol–water partition coefficient (Wildman–Crippen LogP) is 3.63. The van der Waals surface area contributed by atoms with Gasteiger partial charge in [-0.15, -0.1) is 0 Å². The lowest BCUT2D eigenvalue weighted by Gasteiger charge is -2.39. The van der Waals surface area contributed by atoms with E-state index in [-0.39, 0.29) is 35.8 Å². The van der Waals surface area contributed by atoms with Crippen molar-refractivity contribution >= 4 is 34.8 Å².